The van der Waals surface area contributed by atoms with Gasteiger partial charge in [0.1, 0.15) is 11.6 Å². The summed E-state index contributed by atoms with van der Waals surface area (Å²) in [5.74, 6) is -1.92. The first-order chi connectivity index (χ1) is 11.3. The number of rotatable bonds is 6. The molecule has 2 rings (SSSR count). The molecule has 128 valence electrons. The summed E-state index contributed by atoms with van der Waals surface area (Å²) < 4.78 is 1.01. The summed E-state index contributed by atoms with van der Waals surface area (Å²) in [6, 6.07) is 4.58. The van der Waals surface area contributed by atoms with Crippen LogP contribution in [0.15, 0.2) is 29.1 Å². The molecule has 2 atom stereocenters. The standard InChI is InChI=1S/C16H20N4O4/c1-9(2)8-13(14(21)17-10(3)16(23)24)20-15(22)11-6-4-5-7-12(11)18-19-20/h4-7,9-10,13H,8H2,1-3H3,(H,17,21)(H,23,24)/p-1/t10-,13+/m0/s1. The van der Waals surface area contributed by atoms with Crippen molar-refractivity contribution >= 4 is 22.8 Å². The molecule has 0 fully saturated rings. The maximum Gasteiger partial charge on any atom is 0.278 e. The van der Waals surface area contributed by atoms with E-state index in [-0.39, 0.29) is 5.92 Å². The van der Waals surface area contributed by atoms with Gasteiger partial charge in [-0.05, 0) is 31.4 Å². The van der Waals surface area contributed by atoms with Crippen LogP contribution in [-0.2, 0) is 9.59 Å². The maximum atomic E-state index is 12.6. The SMILES string of the molecule is CC(C)C[C@H](C(=O)N[C@@H](C)C(=O)[O-])n1nnc2ccccc2c1=O. The number of hydrogen-bond acceptors (Lipinski definition) is 6. The molecule has 8 nitrogen and oxygen atoms in total. The minimum absolute atomic E-state index is 0.0826. The molecular formula is C16H19N4O4-. The van der Waals surface area contributed by atoms with Gasteiger partial charge in [-0.25, -0.2) is 0 Å². The Hall–Kier alpha value is -2.77. The number of hydrogen-bond donors (Lipinski definition) is 1. The number of carbonyl (C=O) groups excluding carboxylic acids is 2. The number of carboxylic acids is 1. The first kappa shape index (κ1) is 17.6. The zero-order chi connectivity index (χ0) is 17.9. The van der Waals surface area contributed by atoms with E-state index < -0.39 is 29.5 Å². The Morgan fingerprint density at radius 3 is 2.54 bits per heavy atom. The largest absolute Gasteiger partial charge is 0.548 e. The van der Waals surface area contributed by atoms with Crippen molar-refractivity contribution in [1.29, 1.82) is 0 Å². The molecule has 1 N–H and O–H groups in total. The molecule has 0 aliphatic heterocycles. The topological polar surface area (TPSA) is 117 Å². The number of aromatic nitrogens is 3. The summed E-state index contributed by atoms with van der Waals surface area (Å²) in [7, 11) is 0. The molecule has 1 aromatic heterocycles. The second-order valence-electron chi connectivity index (χ2n) is 6.05. The first-order valence-corrected chi connectivity index (χ1v) is 7.66. The monoisotopic (exact) mass is 331 g/mol. The molecule has 0 radical (unpaired) electrons. The molecule has 1 heterocycles. The van der Waals surface area contributed by atoms with Gasteiger partial charge in [0, 0.05) is 0 Å². The molecule has 0 saturated heterocycles. The van der Waals surface area contributed by atoms with Gasteiger partial charge in [-0.3, -0.25) is 9.59 Å². The van der Waals surface area contributed by atoms with Gasteiger partial charge >= 0.3 is 0 Å². The summed E-state index contributed by atoms with van der Waals surface area (Å²) in [6.07, 6.45) is 0.318. The lowest BCUT2D eigenvalue weighted by Gasteiger charge is -2.22. The molecule has 1 amide bonds. The van der Waals surface area contributed by atoms with Gasteiger partial charge in [-0.2, -0.15) is 4.68 Å². The van der Waals surface area contributed by atoms with Crippen LogP contribution >= 0.6 is 0 Å². The minimum Gasteiger partial charge on any atom is -0.548 e. The quantitative estimate of drug-likeness (QED) is 0.772. The summed E-state index contributed by atoms with van der Waals surface area (Å²) in [6.45, 7) is 5.08. The Morgan fingerprint density at radius 2 is 1.92 bits per heavy atom. The Labute approximate surface area is 138 Å². The normalized spacial score (nSPS) is 13.7. The molecule has 1 aromatic carbocycles. The van der Waals surface area contributed by atoms with E-state index >= 15 is 0 Å². The van der Waals surface area contributed by atoms with Gasteiger partial charge in [0.05, 0.1) is 17.4 Å². The Balaban J connectivity index is 2.44. The maximum absolute atomic E-state index is 12.6. The van der Waals surface area contributed by atoms with Crippen LogP contribution in [0.4, 0.5) is 0 Å². The van der Waals surface area contributed by atoms with Crippen LogP contribution in [0, 0.1) is 5.92 Å². The molecule has 0 unspecified atom stereocenters. The number of carbonyl (C=O) groups is 2. The van der Waals surface area contributed by atoms with Crippen molar-refractivity contribution < 1.29 is 14.7 Å². The van der Waals surface area contributed by atoms with E-state index in [9.17, 15) is 19.5 Å². The number of nitrogens with zero attached hydrogens (tertiary/aromatic N) is 3. The minimum atomic E-state index is -1.40. The molecule has 0 spiro atoms. The van der Waals surface area contributed by atoms with E-state index in [1.165, 1.54) is 6.92 Å². The van der Waals surface area contributed by atoms with Gasteiger partial charge < -0.3 is 15.2 Å². The lowest BCUT2D eigenvalue weighted by atomic mass is 10.0. The number of nitrogens with one attached hydrogen (secondary N) is 1. The highest BCUT2D eigenvalue weighted by Gasteiger charge is 2.26. The molecule has 0 aliphatic carbocycles. The smallest absolute Gasteiger partial charge is 0.278 e. The van der Waals surface area contributed by atoms with Gasteiger partial charge in [-0.15, -0.1) is 5.10 Å². The van der Waals surface area contributed by atoms with Crippen LogP contribution in [0.5, 0.6) is 0 Å². The van der Waals surface area contributed by atoms with Gasteiger partial charge in [0.15, 0.2) is 0 Å². The van der Waals surface area contributed by atoms with Crippen molar-refractivity contribution in [2.45, 2.75) is 39.3 Å². The van der Waals surface area contributed by atoms with Gasteiger partial charge in [-0.1, -0.05) is 31.2 Å². The third-order valence-corrected chi connectivity index (χ3v) is 3.60. The van der Waals surface area contributed by atoms with E-state index in [4.69, 9.17) is 0 Å². The number of fused-ring (bicyclic) bond motifs is 1. The third kappa shape index (κ3) is 3.76. The summed E-state index contributed by atoms with van der Waals surface area (Å²) in [4.78, 5) is 35.9. The van der Waals surface area contributed by atoms with Crippen LogP contribution in [0.1, 0.15) is 33.2 Å². The predicted molar refractivity (Wildman–Crippen MR) is 84.9 cm³/mol. The molecule has 24 heavy (non-hydrogen) atoms. The molecule has 0 saturated carbocycles. The fourth-order valence-corrected chi connectivity index (χ4v) is 2.34. The molecular weight excluding hydrogens is 312 g/mol. The predicted octanol–water partition coefficient (Wildman–Crippen LogP) is -0.367. The zero-order valence-electron chi connectivity index (χ0n) is 13.7. The van der Waals surface area contributed by atoms with Gasteiger partial charge in [0.2, 0.25) is 5.91 Å². The lowest BCUT2D eigenvalue weighted by Crippen LogP contribution is -2.49. The van der Waals surface area contributed by atoms with Crippen molar-refractivity contribution in [3.63, 3.8) is 0 Å². The van der Waals surface area contributed by atoms with Crippen LogP contribution in [-0.4, -0.2) is 32.9 Å². The van der Waals surface area contributed by atoms with E-state index in [0.717, 1.165) is 4.68 Å². The Morgan fingerprint density at radius 1 is 1.25 bits per heavy atom. The number of carboxylic acid groups (broad SMARTS) is 1. The van der Waals surface area contributed by atoms with Crippen molar-refractivity contribution in [1.82, 2.24) is 20.3 Å². The van der Waals surface area contributed by atoms with Crippen LogP contribution in [0.3, 0.4) is 0 Å². The molecule has 0 bridgehead atoms. The van der Waals surface area contributed by atoms with E-state index in [1.54, 1.807) is 24.3 Å². The number of aliphatic carboxylic acids is 1. The fourth-order valence-electron chi connectivity index (χ4n) is 2.34. The second kappa shape index (κ2) is 7.20. The van der Waals surface area contributed by atoms with Crippen LogP contribution in [0.2, 0.25) is 0 Å². The molecule has 2 aromatic rings. The van der Waals surface area contributed by atoms with Crippen molar-refractivity contribution in [2.75, 3.05) is 0 Å². The average molecular weight is 331 g/mol. The van der Waals surface area contributed by atoms with Crippen molar-refractivity contribution in [3.8, 4) is 0 Å². The summed E-state index contributed by atoms with van der Waals surface area (Å²) in [5.41, 5.74) is -0.00642. The highest BCUT2D eigenvalue weighted by Crippen LogP contribution is 2.16. The van der Waals surface area contributed by atoms with Crippen LogP contribution in [0.25, 0.3) is 10.9 Å². The summed E-state index contributed by atoms with van der Waals surface area (Å²) in [5, 5.41) is 21.3. The van der Waals surface area contributed by atoms with Gasteiger partial charge in [0.25, 0.3) is 5.56 Å². The highest BCUT2D eigenvalue weighted by atomic mass is 16.4. The zero-order valence-corrected chi connectivity index (χ0v) is 13.7. The third-order valence-electron chi connectivity index (χ3n) is 3.60. The van der Waals surface area contributed by atoms with Crippen LogP contribution < -0.4 is 16.0 Å². The molecule has 0 aliphatic rings. The fraction of sp³-hybridized carbons (Fsp3) is 0.438. The first-order valence-electron chi connectivity index (χ1n) is 7.66. The Kier molecular flexibility index (Phi) is 5.28. The average Bonchev–Trinajstić information content (AvgIpc) is 2.53. The number of benzene rings is 1. The van der Waals surface area contributed by atoms with E-state index in [0.29, 0.717) is 17.3 Å². The highest BCUT2D eigenvalue weighted by molar-refractivity contribution is 5.85. The van der Waals surface area contributed by atoms with E-state index in [2.05, 4.69) is 15.6 Å². The van der Waals surface area contributed by atoms with Crippen molar-refractivity contribution in [3.05, 3.63) is 34.6 Å². The Bertz CT molecular complexity index is 815. The lowest BCUT2D eigenvalue weighted by molar-refractivity contribution is -0.307. The second-order valence-corrected chi connectivity index (χ2v) is 6.05. The van der Waals surface area contributed by atoms with Crippen molar-refractivity contribution in [2.24, 2.45) is 5.92 Å². The molecule has 8 heteroatoms. The number of amides is 1. The van der Waals surface area contributed by atoms with E-state index in [1.807, 2.05) is 13.8 Å². The summed E-state index contributed by atoms with van der Waals surface area (Å²) >= 11 is 0.